The number of nitrogens with one attached hydrogen (secondary N) is 2. The monoisotopic (exact) mass is 310 g/mol. The number of rotatable bonds is 4. The van der Waals surface area contributed by atoms with Gasteiger partial charge in [0, 0.05) is 34.7 Å². The zero-order valence-electron chi connectivity index (χ0n) is 10.9. The molecule has 1 fully saturated rings. The van der Waals surface area contributed by atoms with Crippen LogP contribution < -0.4 is 11.1 Å². The lowest BCUT2D eigenvalue weighted by Crippen LogP contribution is -2.33. The van der Waals surface area contributed by atoms with E-state index < -0.39 is 0 Å². The summed E-state index contributed by atoms with van der Waals surface area (Å²) < 4.78 is 0. The van der Waals surface area contributed by atoms with Gasteiger partial charge < -0.3 is 16.0 Å². The minimum absolute atomic E-state index is 0.529. The van der Waals surface area contributed by atoms with Crippen molar-refractivity contribution in [2.24, 2.45) is 10.7 Å². The van der Waals surface area contributed by atoms with E-state index in [0.717, 1.165) is 22.9 Å². The van der Waals surface area contributed by atoms with Crippen molar-refractivity contribution in [3.63, 3.8) is 0 Å². The molecule has 106 valence electrons. The number of nitrogens with zero attached hydrogens (tertiary/aromatic N) is 1. The Morgan fingerprint density at radius 1 is 1.40 bits per heavy atom. The number of H-pyrrole nitrogens is 1. The number of hydrogen-bond donors (Lipinski definition) is 3. The third-order valence-electron chi connectivity index (χ3n) is 3.37. The maximum absolute atomic E-state index is 6.25. The zero-order chi connectivity index (χ0) is 14.1. The van der Waals surface area contributed by atoms with E-state index in [0.29, 0.717) is 28.6 Å². The summed E-state index contributed by atoms with van der Waals surface area (Å²) in [4.78, 5) is 7.52. The van der Waals surface area contributed by atoms with Gasteiger partial charge in [0.05, 0.1) is 5.02 Å². The molecular formula is C14H16Cl2N4. The quantitative estimate of drug-likeness (QED) is 0.600. The standard InChI is InChI=1S/C14H16Cl2N4/c15-9-5-11(16)13-8(7-19-12(13)6-9)3-4-18-14(17)20-10-1-2-10/h5-7,10,19H,1-4H2,(H3,17,18,20). The Balaban J connectivity index is 1.71. The normalized spacial score (nSPS) is 15.8. The van der Waals surface area contributed by atoms with Crippen molar-refractivity contribution in [1.29, 1.82) is 0 Å². The molecule has 4 nitrogen and oxygen atoms in total. The Labute approximate surface area is 127 Å². The Kier molecular flexibility index (Phi) is 3.76. The van der Waals surface area contributed by atoms with Crippen molar-refractivity contribution < 1.29 is 0 Å². The molecule has 0 saturated heterocycles. The highest BCUT2D eigenvalue weighted by atomic mass is 35.5. The number of hydrogen-bond acceptors (Lipinski definition) is 1. The average molecular weight is 311 g/mol. The molecule has 6 heteroatoms. The molecule has 1 aliphatic rings. The highest BCUT2D eigenvalue weighted by Gasteiger charge is 2.21. The van der Waals surface area contributed by atoms with E-state index in [9.17, 15) is 0 Å². The van der Waals surface area contributed by atoms with Crippen molar-refractivity contribution in [3.05, 3.63) is 33.9 Å². The molecule has 1 aromatic carbocycles. The molecule has 0 aliphatic heterocycles. The lowest BCUT2D eigenvalue weighted by molar-refractivity contribution is 0.871. The number of nitrogens with two attached hydrogens (primary N) is 1. The van der Waals surface area contributed by atoms with Gasteiger partial charge in [0.1, 0.15) is 0 Å². The van der Waals surface area contributed by atoms with Crippen LogP contribution in [0.15, 0.2) is 23.3 Å². The Hall–Kier alpha value is -1.39. The summed E-state index contributed by atoms with van der Waals surface area (Å²) >= 11 is 12.2. The molecule has 0 atom stereocenters. The van der Waals surface area contributed by atoms with Crippen LogP contribution >= 0.6 is 23.2 Å². The summed E-state index contributed by atoms with van der Waals surface area (Å²) in [6.07, 6.45) is 5.12. The molecule has 3 rings (SSSR count). The van der Waals surface area contributed by atoms with Gasteiger partial charge in [-0.3, -0.25) is 4.99 Å². The maximum Gasteiger partial charge on any atom is 0.188 e. The van der Waals surface area contributed by atoms with Crippen LogP contribution in [0.5, 0.6) is 0 Å². The van der Waals surface area contributed by atoms with Gasteiger partial charge in [0.25, 0.3) is 0 Å². The van der Waals surface area contributed by atoms with Gasteiger partial charge >= 0.3 is 0 Å². The summed E-state index contributed by atoms with van der Waals surface area (Å²) in [6, 6.07) is 4.16. The first kappa shape index (κ1) is 13.6. The van der Waals surface area contributed by atoms with Crippen molar-refractivity contribution in [2.75, 3.05) is 6.54 Å². The van der Waals surface area contributed by atoms with Crippen LogP contribution in [0.1, 0.15) is 18.4 Å². The molecule has 1 heterocycles. The van der Waals surface area contributed by atoms with E-state index in [2.05, 4.69) is 15.3 Å². The molecular weight excluding hydrogens is 295 g/mol. The summed E-state index contributed by atoms with van der Waals surface area (Å²) in [6.45, 7) is 0.636. The Morgan fingerprint density at radius 2 is 2.20 bits per heavy atom. The first-order valence-corrected chi connectivity index (χ1v) is 7.40. The predicted molar refractivity (Wildman–Crippen MR) is 84.7 cm³/mol. The molecule has 1 aromatic heterocycles. The third kappa shape index (κ3) is 3.02. The van der Waals surface area contributed by atoms with Gasteiger partial charge in [-0.15, -0.1) is 0 Å². The van der Waals surface area contributed by atoms with E-state index in [4.69, 9.17) is 28.9 Å². The number of aromatic amines is 1. The van der Waals surface area contributed by atoms with Crippen LogP contribution in [0.4, 0.5) is 0 Å². The molecule has 1 saturated carbocycles. The Bertz CT molecular complexity index is 658. The lowest BCUT2D eigenvalue weighted by Gasteiger charge is -2.03. The second kappa shape index (κ2) is 5.54. The van der Waals surface area contributed by atoms with Crippen LogP contribution in [0.2, 0.25) is 10.0 Å². The highest BCUT2D eigenvalue weighted by Crippen LogP contribution is 2.30. The number of guanidine groups is 1. The fourth-order valence-electron chi connectivity index (χ4n) is 2.23. The average Bonchev–Trinajstić information content (AvgIpc) is 3.09. The molecule has 0 unspecified atom stereocenters. The van der Waals surface area contributed by atoms with Gasteiger partial charge in [0.2, 0.25) is 0 Å². The second-order valence-corrected chi connectivity index (χ2v) is 5.90. The SMILES string of the molecule is NC(=NCCc1c[nH]c2cc(Cl)cc(Cl)c12)NC1CC1. The van der Waals surface area contributed by atoms with Gasteiger partial charge in [-0.05, 0) is 37.0 Å². The third-order valence-corrected chi connectivity index (χ3v) is 3.89. The first-order valence-electron chi connectivity index (χ1n) is 6.65. The maximum atomic E-state index is 6.25. The van der Waals surface area contributed by atoms with Crippen LogP contribution in [0.3, 0.4) is 0 Å². The fourth-order valence-corrected chi connectivity index (χ4v) is 2.84. The smallest absolute Gasteiger partial charge is 0.188 e. The topological polar surface area (TPSA) is 66.2 Å². The second-order valence-electron chi connectivity index (χ2n) is 5.06. The predicted octanol–water partition coefficient (Wildman–Crippen LogP) is 3.08. The van der Waals surface area contributed by atoms with Crippen molar-refractivity contribution in [1.82, 2.24) is 10.3 Å². The molecule has 2 aromatic rings. The van der Waals surface area contributed by atoms with Crippen LogP contribution in [-0.2, 0) is 6.42 Å². The molecule has 20 heavy (non-hydrogen) atoms. The fraction of sp³-hybridized carbons (Fsp3) is 0.357. The number of fused-ring (bicyclic) bond motifs is 1. The zero-order valence-corrected chi connectivity index (χ0v) is 12.4. The van der Waals surface area contributed by atoms with Crippen LogP contribution in [0.25, 0.3) is 10.9 Å². The summed E-state index contributed by atoms with van der Waals surface area (Å²) in [5.41, 5.74) is 7.88. The highest BCUT2D eigenvalue weighted by molar-refractivity contribution is 6.38. The molecule has 4 N–H and O–H groups in total. The number of aliphatic imine (C=N–C) groups is 1. The Morgan fingerprint density at radius 3 is 2.95 bits per heavy atom. The van der Waals surface area contributed by atoms with Gasteiger partial charge in [-0.2, -0.15) is 0 Å². The summed E-state index contributed by atoms with van der Waals surface area (Å²) in [5.74, 6) is 0.529. The van der Waals surface area contributed by atoms with E-state index in [1.165, 1.54) is 12.8 Å². The van der Waals surface area contributed by atoms with Gasteiger partial charge in [0.15, 0.2) is 5.96 Å². The van der Waals surface area contributed by atoms with Crippen LogP contribution in [0, 0.1) is 0 Å². The minimum Gasteiger partial charge on any atom is -0.370 e. The van der Waals surface area contributed by atoms with Crippen molar-refractivity contribution >= 4 is 40.1 Å². The number of halogens is 2. The summed E-state index contributed by atoms with van der Waals surface area (Å²) in [5, 5.41) is 5.48. The largest absolute Gasteiger partial charge is 0.370 e. The molecule has 0 radical (unpaired) electrons. The van der Waals surface area contributed by atoms with E-state index in [1.54, 1.807) is 6.07 Å². The van der Waals surface area contributed by atoms with E-state index >= 15 is 0 Å². The molecule has 1 aliphatic carbocycles. The van der Waals surface area contributed by atoms with E-state index in [-0.39, 0.29) is 0 Å². The van der Waals surface area contributed by atoms with Gasteiger partial charge in [-0.25, -0.2) is 0 Å². The first-order chi connectivity index (χ1) is 9.63. The van der Waals surface area contributed by atoms with Crippen LogP contribution in [-0.4, -0.2) is 23.5 Å². The molecule has 0 bridgehead atoms. The number of benzene rings is 1. The van der Waals surface area contributed by atoms with Crippen molar-refractivity contribution in [3.8, 4) is 0 Å². The minimum atomic E-state index is 0.529. The van der Waals surface area contributed by atoms with Crippen molar-refractivity contribution in [2.45, 2.75) is 25.3 Å². The summed E-state index contributed by atoms with van der Waals surface area (Å²) in [7, 11) is 0. The molecule has 0 spiro atoms. The number of aromatic nitrogens is 1. The molecule has 0 amide bonds. The lowest BCUT2D eigenvalue weighted by atomic mass is 10.1. The van der Waals surface area contributed by atoms with Gasteiger partial charge in [-0.1, -0.05) is 23.2 Å². The van der Waals surface area contributed by atoms with E-state index in [1.807, 2.05) is 12.3 Å².